The smallest absolute Gasteiger partial charge is 0.362 e. The molecule has 7 nitrogen and oxygen atoms in total. The fraction of sp³-hybridized carbons (Fsp3) is 0.200. The number of esters is 1. The Morgan fingerprint density at radius 1 is 1.61 bits per heavy atom. The number of ether oxygens (including phenoxy) is 1. The maximum atomic E-state index is 11.7. The molecule has 0 unspecified atom stereocenters. The average Bonchev–Trinajstić information content (AvgIpc) is 2.94. The number of hydrogen-bond donors (Lipinski definition) is 1. The second-order valence-corrected chi connectivity index (χ2v) is 4.44. The highest BCUT2D eigenvalue weighted by Gasteiger charge is 2.20. The molecule has 0 saturated carbocycles. The lowest BCUT2D eigenvalue weighted by molar-refractivity contribution is 0.0521. The van der Waals surface area contributed by atoms with Crippen LogP contribution in [0.1, 0.15) is 17.4 Å². The van der Waals surface area contributed by atoms with E-state index in [0.717, 1.165) is 10.2 Å². The first-order valence-corrected chi connectivity index (χ1v) is 6.15. The fourth-order valence-corrected chi connectivity index (χ4v) is 2.47. The van der Waals surface area contributed by atoms with E-state index in [0.29, 0.717) is 11.5 Å². The van der Waals surface area contributed by atoms with Gasteiger partial charge in [-0.05, 0) is 18.4 Å². The first kappa shape index (κ1) is 10.9. The van der Waals surface area contributed by atoms with E-state index in [2.05, 4.69) is 15.3 Å². The lowest BCUT2D eigenvalue weighted by Gasteiger charge is -2.00. The Kier molecular flexibility index (Phi) is 2.37. The van der Waals surface area contributed by atoms with Crippen molar-refractivity contribution in [2.75, 3.05) is 12.3 Å². The van der Waals surface area contributed by atoms with Gasteiger partial charge in [0.15, 0.2) is 5.65 Å². The van der Waals surface area contributed by atoms with Crippen LogP contribution in [-0.2, 0) is 4.74 Å². The van der Waals surface area contributed by atoms with E-state index in [4.69, 9.17) is 10.5 Å². The first-order chi connectivity index (χ1) is 8.72. The molecule has 0 aliphatic rings. The summed E-state index contributed by atoms with van der Waals surface area (Å²) in [6, 6.07) is 1.86. The number of hydrogen-bond acceptors (Lipinski definition) is 7. The molecule has 18 heavy (non-hydrogen) atoms. The van der Waals surface area contributed by atoms with Crippen molar-refractivity contribution >= 4 is 39.0 Å². The van der Waals surface area contributed by atoms with E-state index in [1.54, 1.807) is 6.92 Å². The predicted octanol–water partition coefficient (Wildman–Crippen LogP) is 1.10. The maximum absolute atomic E-state index is 11.7. The van der Waals surface area contributed by atoms with Gasteiger partial charge in [0.1, 0.15) is 5.82 Å². The van der Waals surface area contributed by atoms with Crippen LogP contribution in [0.25, 0.3) is 15.9 Å². The van der Waals surface area contributed by atoms with Gasteiger partial charge in [-0.3, -0.25) is 0 Å². The molecule has 0 radical (unpaired) electrons. The zero-order chi connectivity index (χ0) is 12.7. The second-order valence-electron chi connectivity index (χ2n) is 3.53. The molecule has 0 saturated heterocycles. The summed E-state index contributed by atoms with van der Waals surface area (Å²) in [7, 11) is 0. The minimum absolute atomic E-state index is 0.0802. The SMILES string of the molecule is CCOC(=O)c1nnn2c1nc(N)c1sccc12. The number of carbonyl (C=O) groups excluding carboxylic acids is 1. The molecular formula is C10H9N5O2S. The van der Waals surface area contributed by atoms with Crippen molar-refractivity contribution in [2.45, 2.75) is 6.92 Å². The highest BCUT2D eigenvalue weighted by Crippen LogP contribution is 2.26. The molecule has 3 rings (SSSR count). The second kappa shape index (κ2) is 3.91. The van der Waals surface area contributed by atoms with Crippen LogP contribution in [0.15, 0.2) is 11.4 Å². The normalized spacial score (nSPS) is 11.2. The van der Waals surface area contributed by atoms with Gasteiger partial charge in [-0.1, -0.05) is 5.21 Å². The predicted molar refractivity (Wildman–Crippen MR) is 66.5 cm³/mol. The summed E-state index contributed by atoms with van der Waals surface area (Å²) >= 11 is 1.46. The Balaban J connectivity index is 2.31. The van der Waals surface area contributed by atoms with Gasteiger partial charge in [0.05, 0.1) is 16.8 Å². The van der Waals surface area contributed by atoms with Crippen LogP contribution in [0.2, 0.25) is 0 Å². The molecule has 3 aromatic rings. The van der Waals surface area contributed by atoms with E-state index in [1.807, 2.05) is 11.4 Å². The summed E-state index contributed by atoms with van der Waals surface area (Å²) < 4.78 is 7.21. The number of nitrogens with zero attached hydrogens (tertiary/aromatic N) is 4. The lowest BCUT2D eigenvalue weighted by atomic mass is 10.4. The number of rotatable bonds is 2. The van der Waals surface area contributed by atoms with Crippen molar-refractivity contribution in [1.82, 2.24) is 19.8 Å². The van der Waals surface area contributed by atoms with Crippen molar-refractivity contribution < 1.29 is 9.53 Å². The van der Waals surface area contributed by atoms with E-state index in [1.165, 1.54) is 15.9 Å². The summed E-state index contributed by atoms with van der Waals surface area (Å²) in [5.41, 5.74) is 7.03. The van der Waals surface area contributed by atoms with Crippen molar-refractivity contribution in [3.63, 3.8) is 0 Å². The quantitative estimate of drug-likeness (QED) is 0.695. The Hall–Kier alpha value is -2.22. The van der Waals surface area contributed by atoms with Crippen LogP contribution in [-0.4, -0.2) is 32.4 Å². The van der Waals surface area contributed by atoms with Gasteiger partial charge in [0.2, 0.25) is 5.69 Å². The molecule has 2 N–H and O–H groups in total. The van der Waals surface area contributed by atoms with E-state index in [-0.39, 0.29) is 12.3 Å². The zero-order valence-electron chi connectivity index (χ0n) is 9.45. The van der Waals surface area contributed by atoms with Crippen LogP contribution in [0, 0.1) is 0 Å². The number of aromatic nitrogens is 4. The minimum Gasteiger partial charge on any atom is -0.461 e. The van der Waals surface area contributed by atoms with Gasteiger partial charge in [-0.15, -0.1) is 16.4 Å². The molecule has 0 aliphatic heterocycles. The van der Waals surface area contributed by atoms with Crippen molar-refractivity contribution in [3.8, 4) is 0 Å². The Bertz CT molecular complexity index is 747. The van der Waals surface area contributed by atoms with Crippen LogP contribution >= 0.6 is 11.3 Å². The molecule has 3 aromatic heterocycles. The molecule has 0 aromatic carbocycles. The van der Waals surface area contributed by atoms with Gasteiger partial charge in [-0.2, -0.15) is 4.52 Å². The van der Waals surface area contributed by atoms with Gasteiger partial charge >= 0.3 is 5.97 Å². The van der Waals surface area contributed by atoms with Crippen LogP contribution in [0.5, 0.6) is 0 Å². The molecule has 0 aliphatic carbocycles. The van der Waals surface area contributed by atoms with Gasteiger partial charge in [0.25, 0.3) is 0 Å². The van der Waals surface area contributed by atoms with Crippen LogP contribution in [0.3, 0.4) is 0 Å². The molecule has 3 heterocycles. The molecule has 0 bridgehead atoms. The Morgan fingerprint density at radius 3 is 3.22 bits per heavy atom. The number of nitrogens with two attached hydrogens (primary N) is 1. The summed E-state index contributed by atoms with van der Waals surface area (Å²) in [5, 5.41) is 9.61. The van der Waals surface area contributed by atoms with Crippen LogP contribution < -0.4 is 5.73 Å². The number of carbonyl (C=O) groups is 1. The third kappa shape index (κ3) is 1.42. The molecule has 8 heteroatoms. The topological polar surface area (TPSA) is 95.4 Å². The average molecular weight is 263 g/mol. The molecule has 0 spiro atoms. The van der Waals surface area contributed by atoms with Crippen LogP contribution in [0.4, 0.5) is 5.82 Å². The van der Waals surface area contributed by atoms with Gasteiger partial charge in [0, 0.05) is 0 Å². The maximum Gasteiger partial charge on any atom is 0.362 e. The lowest BCUT2D eigenvalue weighted by Crippen LogP contribution is -2.07. The molecule has 0 atom stereocenters. The molecule has 92 valence electrons. The number of thiophene rings is 1. The summed E-state index contributed by atoms with van der Waals surface area (Å²) in [4.78, 5) is 15.9. The Labute approximate surface area is 105 Å². The first-order valence-electron chi connectivity index (χ1n) is 5.27. The highest BCUT2D eigenvalue weighted by molar-refractivity contribution is 7.17. The molecule has 0 amide bonds. The van der Waals surface area contributed by atoms with Gasteiger partial charge < -0.3 is 10.5 Å². The minimum atomic E-state index is -0.547. The summed E-state index contributed by atoms with van der Waals surface area (Å²) in [5.74, 6) is -0.186. The third-order valence-electron chi connectivity index (χ3n) is 2.45. The fourth-order valence-electron chi connectivity index (χ4n) is 1.70. The number of nitrogen functional groups attached to an aromatic ring is 1. The molecule has 0 fully saturated rings. The summed E-state index contributed by atoms with van der Waals surface area (Å²) in [6.07, 6.45) is 0. The molecular weight excluding hydrogens is 254 g/mol. The van der Waals surface area contributed by atoms with Crippen molar-refractivity contribution in [1.29, 1.82) is 0 Å². The standard InChI is InChI=1S/C10H9N5O2S/c1-2-17-10(16)6-9-12-8(11)7-5(3-4-18-7)15(9)14-13-6/h3-4H,2H2,1H3,(H2,11,12). The van der Waals surface area contributed by atoms with E-state index < -0.39 is 5.97 Å². The summed E-state index contributed by atoms with van der Waals surface area (Å²) in [6.45, 7) is 2.00. The van der Waals surface area contributed by atoms with E-state index >= 15 is 0 Å². The largest absolute Gasteiger partial charge is 0.461 e. The van der Waals surface area contributed by atoms with Crippen molar-refractivity contribution in [2.24, 2.45) is 0 Å². The number of fused-ring (bicyclic) bond motifs is 3. The van der Waals surface area contributed by atoms with Gasteiger partial charge in [-0.25, -0.2) is 9.78 Å². The third-order valence-corrected chi connectivity index (χ3v) is 3.37. The highest BCUT2D eigenvalue weighted by atomic mass is 32.1. The Morgan fingerprint density at radius 2 is 2.44 bits per heavy atom. The number of anilines is 1. The zero-order valence-corrected chi connectivity index (χ0v) is 10.3. The van der Waals surface area contributed by atoms with Crippen molar-refractivity contribution in [3.05, 3.63) is 17.1 Å². The monoisotopic (exact) mass is 263 g/mol. The van der Waals surface area contributed by atoms with E-state index in [9.17, 15) is 4.79 Å².